The Kier molecular flexibility index (Phi) is 5.55. The summed E-state index contributed by atoms with van der Waals surface area (Å²) >= 11 is 1.40. The van der Waals surface area contributed by atoms with Gasteiger partial charge in [-0.2, -0.15) is 5.10 Å². The van der Waals surface area contributed by atoms with Gasteiger partial charge in [-0.1, -0.05) is 30.0 Å². The molecule has 0 saturated heterocycles. The third-order valence-electron chi connectivity index (χ3n) is 3.81. The standard InChI is InChI=1S/C17H19N7O2S/c1-4-8-23-16(13-6-5-7-14(9-13)21(2)3)19-20-17(23)27-12-22-11-15(10-18-22)24(25)26/h4-7,9-11H,1,8,12H2,2-3H3. The van der Waals surface area contributed by atoms with E-state index in [0.29, 0.717) is 17.6 Å². The van der Waals surface area contributed by atoms with E-state index in [1.807, 2.05) is 41.8 Å². The van der Waals surface area contributed by atoms with E-state index >= 15 is 0 Å². The zero-order valence-electron chi connectivity index (χ0n) is 15.0. The zero-order chi connectivity index (χ0) is 19.4. The van der Waals surface area contributed by atoms with Gasteiger partial charge in [-0.3, -0.25) is 19.4 Å². The molecule has 27 heavy (non-hydrogen) atoms. The molecular weight excluding hydrogens is 366 g/mol. The van der Waals surface area contributed by atoms with Crippen molar-refractivity contribution < 1.29 is 4.92 Å². The van der Waals surface area contributed by atoms with Crippen molar-refractivity contribution in [2.24, 2.45) is 0 Å². The Bertz CT molecular complexity index is 964. The lowest BCUT2D eigenvalue weighted by Crippen LogP contribution is -2.08. The SMILES string of the molecule is C=CCn1c(SCn2cc([N+](=O)[O-])cn2)nnc1-c1cccc(N(C)C)c1. The maximum Gasteiger partial charge on any atom is 0.307 e. The van der Waals surface area contributed by atoms with Crippen LogP contribution in [0.5, 0.6) is 0 Å². The Balaban J connectivity index is 1.85. The number of rotatable bonds is 8. The van der Waals surface area contributed by atoms with Crippen LogP contribution in [0.2, 0.25) is 0 Å². The molecule has 0 atom stereocenters. The monoisotopic (exact) mass is 385 g/mol. The van der Waals surface area contributed by atoms with Gasteiger partial charge in [0, 0.05) is 31.9 Å². The van der Waals surface area contributed by atoms with Gasteiger partial charge in [0.15, 0.2) is 11.0 Å². The summed E-state index contributed by atoms with van der Waals surface area (Å²) < 4.78 is 3.46. The highest BCUT2D eigenvalue weighted by Crippen LogP contribution is 2.27. The van der Waals surface area contributed by atoms with E-state index in [2.05, 4.69) is 27.9 Å². The van der Waals surface area contributed by atoms with Crippen molar-refractivity contribution in [3.8, 4) is 11.4 Å². The van der Waals surface area contributed by atoms with E-state index in [1.54, 1.807) is 6.08 Å². The van der Waals surface area contributed by atoms with Crippen LogP contribution in [0, 0.1) is 10.1 Å². The zero-order valence-corrected chi connectivity index (χ0v) is 15.8. The quantitative estimate of drug-likeness (QED) is 0.254. The number of nitro groups is 1. The van der Waals surface area contributed by atoms with Crippen LogP contribution in [0.1, 0.15) is 0 Å². The molecule has 1 aromatic carbocycles. The summed E-state index contributed by atoms with van der Waals surface area (Å²) in [5.41, 5.74) is 1.99. The number of nitrogens with zero attached hydrogens (tertiary/aromatic N) is 7. The lowest BCUT2D eigenvalue weighted by Gasteiger charge is -2.14. The maximum atomic E-state index is 10.8. The Morgan fingerprint density at radius 3 is 2.85 bits per heavy atom. The van der Waals surface area contributed by atoms with Crippen molar-refractivity contribution in [2.75, 3.05) is 19.0 Å². The molecular formula is C17H19N7O2S. The van der Waals surface area contributed by atoms with Crippen LogP contribution in [0.4, 0.5) is 11.4 Å². The van der Waals surface area contributed by atoms with Gasteiger partial charge in [0.2, 0.25) is 0 Å². The van der Waals surface area contributed by atoms with Crippen LogP contribution in [0.15, 0.2) is 54.5 Å². The van der Waals surface area contributed by atoms with E-state index in [0.717, 1.165) is 17.1 Å². The van der Waals surface area contributed by atoms with Crippen LogP contribution >= 0.6 is 11.8 Å². The normalized spacial score (nSPS) is 10.7. The molecule has 2 aromatic heterocycles. The summed E-state index contributed by atoms with van der Waals surface area (Å²) in [5.74, 6) is 1.13. The fourth-order valence-corrected chi connectivity index (χ4v) is 3.27. The Labute approximate surface area is 160 Å². The minimum atomic E-state index is -0.468. The topological polar surface area (TPSA) is 94.9 Å². The molecule has 3 rings (SSSR count). The fraction of sp³-hybridized carbons (Fsp3) is 0.235. The van der Waals surface area contributed by atoms with Crippen LogP contribution in [-0.2, 0) is 12.4 Å². The Morgan fingerprint density at radius 1 is 1.37 bits per heavy atom. The first kappa shape index (κ1) is 18.6. The van der Waals surface area contributed by atoms with E-state index in [4.69, 9.17) is 0 Å². The number of anilines is 1. The average molecular weight is 385 g/mol. The largest absolute Gasteiger partial charge is 0.378 e. The van der Waals surface area contributed by atoms with Gasteiger partial charge in [0.05, 0.1) is 10.8 Å². The first-order chi connectivity index (χ1) is 13.0. The van der Waals surface area contributed by atoms with Gasteiger partial charge in [-0.25, -0.2) is 0 Å². The van der Waals surface area contributed by atoms with Crippen molar-refractivity contribution in [3.05, 3.63) is 59.4 Å². The first-order valence-electron chi connectivity index (χ1n) is 8.11. The van der Waals surface area contributed by atoms with Gasteiger partial charge < -0.3 is 4.90 Å². The molecule has 0 aliphatic rings. The summed E-state index contributed by atoms with van der Waals surface area (Å²) in [5, 5.41) is 24.1. The maximum absolute atomic E-state index is 10.8. The third-order valence-corrected chi connectivity index (χ3v) is 4.76. The third kappa shape index (κ3) is 4.17. The highest BCUT2D eigenvalue weighted by molar-refractivity contribution is 7.98. The first-order valence-corrected chi connectivity index (χ1v) is 9.09. The van der Waals surface area contributed by atoms with E-state index in [-0.39, 0.29) is 5.69 Å². The number of hydrogen-bond acceptors (Lipinski definition) is 7. The number of hydrogen-bond donors (Lipinski definition) is 0. The summed E-state index contributed by atoms with van der Waals surface area (Å²) in [7, 11) is 3.97. The molecule has 3 aromatic rings. The van der Waals surface area contributed by atoms with Crippen LogP contribution in [0.3, 0.4) is 0 Å². The average Bonchev–Trinajstić information content (AvgIpc) is 3.28. The minimum absolute atomic E-state index is 0.0376. The van der Waals surface area contributed by atoms with Gasteiger partial charge in [0.1, 0.15) is 12.4 Å². The second-order valence-electron chi connectivity index (χ2n) is 5.92. The number of thioether (sulfide) groups is 1. The van der Waals surface area contributed by atoms with Crippen LogP contribution in [0.25, 0.3) is 11.4 Å². The van der Waals surface area contributed by atoms with Gasteiger partial charge in [-0.15, -0.1) is 16.8 Å². The molecule has 0 fully saturated rings. The lowest BCUT2D eigenvalue weighted by atomic mass is 10.2. The molecule has 0 aliphatic heterocycles. The summed E-state index contributed by atoms with van der Waals surface area (Å²) in [6, 6.07) is 8.04. The summed E-state index contributed by atoms with van der Waals surface area (Å²) in [6.45, 7) is 4.36. The lowest BCUT2D eigenvalue weighted by molar-refractivity contribution is -0.385. The van der Waals surface area contributed by atoms with Crippen molar-refractivity contribution in [1.82, 2.24) is 24.5 Å². The number of benzene rings is 1. The van der Waals surface area contributed by atoms with E-state index in [9.17, 15) is 10.1 Å². The molecule has 2 heterocycles. The van der Waals surface area contributed by atoms with Crippen molar-refractivity contribution in [1.29, 1.82) is 0 Å². The van der Waals surface area contributed by atoms with Crippen LogP contribution in [-0.4, -0.2) is 43.6 Å². The molecule has 0 amide bonds. The van der Waals surface area contributed by atoms with Crippen molar-refractivity contribution in [3.63, 3.8) is 0 Å². The predicted octanol–water partition coefficient (Wildman–Crippen LogP) is 3.05. The Hall–Kier alpha value is -3.14. The molecule has 140 valence electrons. The minimum Gasteiger partial charge on any atom is -0.378 e. The molecule has 0 aliphatic carbocycles. The molecule has 0 radical (unpaired) electrons. The predicted molar refractivity (Wildman–Crippen MR) is 105 cm³/mol. The molecule has 0 bridgehead atoms. The second-order valence-corrected chi connectivity index (χ2v) is 6.83. The van der Waals surface area contributed by atoms with E-state index < -0.39 is 4.92 Å². The smallest absolute Gasteiger partial charge is 0.307 e. The van der Waals surface area contributed by atoms with Crippen LogP contribution < -0.4 is 4.90 Å². The number of allylic oxidation sites excluding steroid dienone is 1. The Morgan fingerprint density at radius 2 is 2.19 bits per heavy atom. The van der Waals surface area contributed by atoms with Crippen molar-refractivity contribution in [2.45, 2.75) is 17.6 Å². The highest BCUT2D eigenvalue weighted by Gasteiger charge is 2.15. The van der Waals surface area contributed by atoms with E-state index in [1.165, 1.54) is 28.8 Å². The summed E-state index contributed by atoms with van der Waals surface area (Å²) in [4.78, 5) is 12.3. The van der Waals surface area contributed by atoms with Gasteiger partial charge >= 0.3 is 5.69 Å². The molecule has 10 heteroatoms. The molecule has 0 spiro atoms. The number of aromatic nitrogens is 5. The van der Waals surface area contributed by atoms with Gasteiger partial charge in [-0.05, 0) is 12.1 Å². The fourth-order valence-electron chi connectivity index (χ4n) is 2.47. The molecule has 0 N–H and O–H groups in total. The summed E-state index contributed by atoms with van der Waals surface area (Å²) in [6.07, 6.45) is 4.40. The highest BCUT2D eigenvalue weighted by atomic mass is 32.2. The molecule has 0 unspecified atom stereocenters. The second kappa shape index (κ2) is 8.04. The van der Waals surface area contributed by atoms with Gasteiger partial charge in [0.25, 0.3) is 0 Å². The molecule has 9 nitrogen and oxygen atoms in total. The van der Waals surface area contributed by atoms with Crippen molar-refractivity contribution >= 4 is 23.1 Å². The molecule has 0 saturated carbocycles.